The van der Waals surface area contributed by atoms with Gasteiger partial charge in [-0.3, -0.25) is 0 Å². The lowest BCUT2D eigenvalue weighted by molar-refractivity contribution is 0.0742. The number of aryl methyl sites for hydroxylation is 2. The second-order valence-electron chi connectivity index (χ2n) is 6.57. The maximum Gasteiger partial charge on any atom is 0.226 e. The summed E-state index contributed by atoms with van der Waals surface area (Å²) < 4.78 is 39.2. The minimum atomic E-state index is -0.658. The van der Waals surface area contributed by atoms with E-state index in [1.54, 1.807) is 27.8 Å². The minimum Gasteiger partial charge on any atom is -0.439 e. The number of hydrogen-bond donors (Lipinski definition) is 0. The number of ether oxygens (including phenoxy) is 2. The first kappa shape index (κ1) is 22.1. The molecule has 1 aromatic heterocycles. The van der Waals surface area contributed by atoms with E-state index in [2.05, 4.69) is 22.1 Å². The summed E-state index contributed by atoms with van der Waals surface area (Å²) in [5.74, 6) is 5.25. The van der Waals surface area contributed by atoms with Gasteiger partial charge in [-0.2, -0.15) is 5.10 Å². The lowest BCUT2D eigenvalue weighted by Gasteiger charge is -2.13. The molecule has 2 aromatic rings. The third-order valence-electron chi connectivity index (χ3n) is 3.81. The van der Waals surface area contributed by atoms with Crippen LogP contribution < -0.4 is 4.74 Å². The SMILES string of the molecule is COC(C)(C)C#CC=C(F)CON=Cc1c(C)nn(C)c1Oc1ccc(F)cc1. The van der Waals surface area contributed by atoms with Gasteiger partial charge >= 0.3 is 0 Å². The van der Waals surface area contributed by atoms with E-state index in [0.717, 1.165) is 6.08 Å². The van der Waals surface area contributed by atoms with Crippen molar-refractivity contribution in [3.8, 4) is 23.5 Å². The first-order chi connectivity index (χ1) is 13.7. The van der Waals surface area contributed by atoms with E-state index >= 15 is 0 Å². The highest BCUT2D eigenvalue weighted by molar-refractivity contribution is 5.84. The Morgan fingerprint density at radius 2 is 2.00 bits per heavy atom. The summed E-state index contributed by atoms with van der Waals surface area (Å²) in [4.78, 5) is 4.98. The Bertz CT molecular complexity index is 952. The first-order valence-electron chi connectivity index (χ1n) is 8.76. The molecule has 0 spiro atoms. The van der Waals surface area contributed by atoms with Gasteiger partial charge < -0.3 is 14.3 Å². The molecule has 1 aromatic carbocycles. The van der Waals surface area contributed by atoms with Crippen LogP contribution in [0.4, 0.5) is 8.78 Å². The fourth-order valence-corrected chi connectivity index (χ4v) is 2.11. The Morgan fingerprint density at radius 1 is 1.31 bits per heavy atom. The summed E-state index contributed by atoms with van der Waals surface area (Å²) in [6, 6.07) is 5.59. The zero-order valence-electron chi connectivity index (χ0n) is 17.0. The monoisotopic (exact) mass is 403 g/mol. The van der Waals surface area contributed by atoms with Gasteiger partial charge in [-0.1, -0.05) is 17.0 Å². The number of rotatable bonds is 7. The third kappa shape index (κ3) is 6.73. The molecule has 0 aliphatic carbocycles. The van der Waals surface area contributed by atoms with E-state index in [4.69, 9.17) is 14.3 Å². The summed E-state index contributed by atoms with van der Waals surface area (Å²) in [6.45, 7) is 4.95. The summed E-state index contributed by atoms with van der Waals surface area (Å²) in [7, 11) is 3.23. The molecule has 0 aliphatic rings. The Kier molecular flexibility index (Phi) is 7.51. The zero-order chi connectivity index (χ0) is 21.4. The van der Waals surface area contributed by atoms with Crippen LogP contribution in [0.15, 0.2) is 41.3 Å². The number of oxime groups is 1. The number of hydrogen-bond acceptors (Lipinski definition) is 5. The maximum absolute atomic E-state index is 13.7. The highest BCUT2D eigenvalue weighted by atomic mass is 19.1. The van der Waals surface area contributed by atoms with Crippen molar-refractivity contribution in [3.63, 3.8) is 0 Å². The molecule has 6 nitrogen and oxygen atoms in total. The molecule has 0 unspecified atom stereocenters. The zero-order valence-corrected chi connectivity index (χ0v) is 17.0. The fraction of sp³-hybridized carbons (Fsp3) is 0.333. The Labute approximate surface area is 168 Å². The molecular weight excluding hydrogens is 380 g/mol. The van der Waals surface area contributed by atoms with E-state index in [-0.39, 0.29) is 12.4 Å². The average Bonchev–Trinajstić information content (AvgIpc) is 2.93. The molecule has 0 saturated carbocycles. The van der Waals surface area contributed by atoms with E-state index < -0.39 is 11.4 Å². The van der Waals surface area contributed by atoms with Crippen LogP contribution in [0.3, 0.4) is 0 Å². The topological polar surface area (TPSA) is 57.9 Å². The van der Waals surface area contributed by atoms with Crippen LogP contribution in [0.25, 0.3) is 0 Å². The van der Waals surface area contributed by atoms with Gasteiger partial charge in [0.2, 0.25) is 5.88 Å². The highest BCUT2D eigenvalue weighted by Crippen LogP contribution is 2.26. The Morgan fingerprint density at radius 3 is 2.66 bits per heavy atom. The van der Waals surface area contributed by atoms with Crippen molar-refractivity contribution in [1.82, 2.24) is 9.78 Å². The second kappa shape index (κ2) is 9.85. The lowest BCUT2D eigenvalue weighted by Crippen LogP contribution is -2.18. The van der Waals surface area contributed by atoms with Crippen LogP contribution in [0, 0.1) is 24.6 Å². The lowest BCUT2D eigenvalue weighted by atomic mass is 10.1. The van der Waals surface area contributed by atoms with Gasteiger partial charge in [-0.25, -0.2) is 13.5 Å². The molecule has 0 atom stereocenters. The number of methoxy groups -OCH3 is 1. The van der Waals surface area contributed by atoms with Gasteiger partial charge in [0.25, 0.3) is 0 Å². The number of halogens is 2. The standard InChI is InChI=1S/C21H23F2N3O3/c1-15-19(13-24-28-14-17(23)7-6-12-21(2,3)27-5)20(26(4)25-15)29-18-10-8-16(22)9-11-18/h7-11,13H,14H2,1-5H3. The van der Waals surface area contributed by atoms with Gasteiger partial charge in [0.15, 0.2) is 6.61 Å². The predicted octanol–water partition coefficient (Wildman–Crippen LogP) is 4.29. The normalized spacial score (nSPS) is 12.0. The molecule has 154 valence electrons. The number of allylic oxidation sites excluding steroid dienone is 1. The van der Waals surface area contributed by atoms with Crippen molar-refractivity contribution in [1.29, 1.82) is 0 Å². The van der Waals surface area contributed by atoms with Crippen LogP contribution in [0.5, 0.6) is 11.6 Å². The van der Waals surface area contributed by atoms with E-state index in [0.29, 0.717) is 22.9 Å². The van der Waals surface area contributed by atoms with Crippen molar-refractivity contribution < 1.29 is 23.1 Å². The Hall–Kier alpha value is -3.18. The largest absolute Gasteiger partial charge is 0.439 e. The molecule has 2 rings (SSSR count). The number of benzene rings is 1. The second-order valence-corrected chi connectivity index (χ2v) is 6.57. The van der Waals surface area contributed by atoms with Gasteiger partial charge in [0.1, 0.15) is 23.0 Å². The Balaban J connectivity index is 2.02. The predicted molar refractivity (Wildman–Crippen MR) is 106 cm³/mol. The summed E-state index contributed by atoms with van der Waals surface area (Å²) in [6.07, 6.45) is 2.49. The molecule has 29 heavy (non-hydrogen) atoms. The minimum absolute atomic E-state index is 0.362. The van der Waals surface area contributed by atoms with Crippen molar-refractivity contribution in [2.24, 2.45) is 12.2 Å². The average molecular weight is 403 g/mol. The van der Waals surface area contributed by atoms with Crippen LogP contribution >= 0.6 is 0 Å². The smallest absolute Gasteiger partial charge is 0.226 e. The van der Waals surface area contributed by atoms with Crippen LogP contribution in [-0.2, 0) is 16.6 Å². The molecule has 0 saturated heterocycles. The first-order valence-corrected chi connectivity index (χ1v) is 8.76. The van der Waals surface area contributed by atoms with Crippen LogP contribution in [0.1, 0.15) is 25.1 Å². The molecule has 0 bridgehead atoms. The summed E-state index contributed by atoms with van der Waals surface area (Å²) in [5, 5.41) is 8.04. The van der Waals surface area contributed by atoms with Crippen molar-refractivity contribution in [2.45, 2.75) is 26.4 Å². The maximum atomic E-state index is 13.7. The molecule has 8 heteroatoms. The van der Waals surface area contributed by atoms with Gasteiger partial charge in [0, 0.05) is 20.2 Å². The van der Waals surface area contributed by atoms with Gasteiger partial charge in [-0.15, -0.1) is 0 Å². The van der Waals surface area contributed by atoms with Crippen LogP contribution in [0.2, 0.25) is 0 Å². The molecule has 1 heterocycles. The highest BCUT2D eigenvalue weighted by Gasteiger charge is 2.14. The number of aromatic nitrogens is 2. The molecule has 0 N–H and O–H groups in total. The summed E-state index contributed by atoms with van der Waals surface area (Å²) >= 11 is 0. The van der Waals surface area contributed by atoms with E-state index in [1.807, 2.05) is 0 Å². The van der Waals surface area contributed by atoms with Gasteiger partial charge in [-0.05, 0) is 45.0 Å². The molecule has 0 radical (unpaired) electrons. The van der Waals surface area contributed by atoms with Crippen molar-refractivity contribution in [3.05, 3.63) is 53.2 Å². The summed E-state index contributed by atoms with van der Waals surface area (Å²) in [5.41, 5.74) is 0.539. The molecule has 0 fully saturated rings. The van der Waals surface area contributed by atoms with Crippen molar-refractivity contribution >= 4 is 6.21 Å². The van der Waals surface area contributed by atoms with Gasteiger partial charge in [0.05, 0.1) is 17.5 Å². The fourth-order valence-electron chi connectivity index (χ4n) is 2.11. The number of nitrogens with zero attached hydrogens (tertiary/aromatic N) is 3. The van der Waals surface area contributed by atoms with E-state index in [1.165, 1.54) is 42.3 Å². The quantitative estimate of drug-likeness (QED) is 0.393. The molecular formula is C21H23F2N3O3. The molecule has 0 aliphatic heterocycles. The van der Waals surface area contributed by atoms with Crippen molar-refractivity contribution in [2.75, 3.05) is 13.7 Å². The molecule has 0 amide bonds. The third-order valence-corrected chi connectivity index (χ3v) is 3.81. The van der Waals surface area contributed by atoms with Crippen LogP contribution in [-0.4, -0.2) is 35.3 Å². The van der Waals surface area contributed by atoms with E-state index in [9.17, 15) is 8.78 Å².